The Bertz CT molecular complexity index is 6280. The zero-order valence-electron chi connectivity index (χ0n) is 61.5. The lowest BCUT2D eigenvalue weighted by molar-refractivity contribution is 0.00578. The second-order valence-corrected chi connectivity index (χ2v) is 29.9. The first-order valence-electron chi connectivity index (χ1n) is 36.6. The van der Waals surface area contributed by atoms with E-state index in [4.69, 9.17) is 9.31 Å². The fourth-order valence-electron chi connectivity index (χ4n) is 15.6. The minimum atomic E-state index is -0.482. The molecule has 0 aromatic heterocycles. The maximum atomic E-state index is 9.52. The van der Waals surface area contributed by atoms with Crippen LogP contribution in [0.5, 0.6) is 0 Å². The summed E-state index contributed by atoms with van der Waals surface area (Å²) in [5.41, 5.74) is 18.1. The Hall–Kier alpha value is -12.5. The first-order valence-corrected chi connectivity index (χ1v) is 36.6. The monoisotopic (exact) mass is 1400 g/mol. The first kappa shape index (κ1) is 73.8. The van der Waals surface area contributed by atoms with Crippen molar-refractivity contribution in [2.75, 3.05) is 0 Å². The van der Waals surface area contributed by atoms with Crippen LogP contribution in [0.3, 0.4) is 0 Å². The maximum Gasteiger partial charge on any atom is 0.494 e. The molecular weight excluding hydrogens is 1310 g/mol. The molecule has 0 saturated carbocycles. The van der Waals surface area contributed by atoms with E-state index >= 15 is 0 Å². The molecule has 0 N–H and O–H groups in total. The third kappa shape index (κ3) is 13.6. The first-order chi connectivity index (χ1) is 51.3. The van der Waals surface area contributed by atoms with Crippen molar-refractivity contribution in [3.05, 3.63) is 318 Å². The van der Waals surface area contributed by atoms with E-state index in [1.807, 2.05) is 84.9 Å². The molecule has 1 aliphatic rings. The predicted octanol–water partition coefficient (Wildman–Crippen LogP) is 27.0. The molecule has 526 valence electrons. The molecule has 0 amide bonds. The lowest BCUT2D eigenvalue weighted by Gasteiger charge is -2.32. The summed E-state index contributed by atoms with van der Waals surface area (Å²) in [5.74, 6) is 1.57. The standard InChI is InChI=1S/C45H30N2.C38H29BN2O2.C16H20.2CH4/c1-28(2)35-11-5-7-33-8-6-12-36(45(33)35)34-21-22-39-42(23-34)41(32-19-15-30(27-47)16-20-32)25-43-38-10-4-3-9-37(38)40(24-44(39)43)31-17-13-29(26-46)14-18-31;1-37(2)38(3,4)43-39(42-37)28-17-18-31-34(19-28)33(27-15-11-25(23-41)12-16-27)21-35-30-8-6-5-7-29(30)32(20-36(31)35)26-13-9-24(22-40)10-14-26;1-11(2)14-9-5-7-13-8-6-10-15(12(3)4)16(13)14;;/h3-25,28H,1-2H3;5-21H,1-4H3;5-12H,1-4H3;2*1H4. The normalized spacial score (nSPS) is 12.8. The topological polar surface area (TPSA) is 114 Å². The Morgan fingerprint density at radius 2 is 0.565 bits per heavy atom. The number of benzene rings is 16. The lowest BCUT2D eigenvalue weighted by Crippen LogP contribution is -2.41. The number of fused-ring (bicyclic) bond motifs is 12. The van der Waals surface area contributed by atoms with Crippen LogP contribution in [0.15, 0.2) is 279 Å². The molecule has 6 nitrogen and oxygen atoms in total. The average molecular weight is 1400 g/mol. The smallest absolute Gasteiger partial charge is 0.399 e. The van der Waals surface area contributed by atoms with E-state index in [2.05, 4.69) is 288 Å². The van der Waals surface area contributed by atoms with E-state index < -0.39 is 18.3 Å². The van der Waals surface area contributed by atoms with E-state index in [0.717, 1.165) is 82.3 Å². The van der Waals surface area contributed by atoms with Crippen molar-refractivity contribution in [3.63, 3.8) is 0 Å². The Labute approximate surface area is 636 Å². The SMILES string of the molecule is C.C.CC(C)c1cccc2cccc(-c3ccc4c(c3)c(-c3ccc(C#N)cc3)cc3c5ccccc5c(-c5ccc(C#N)cc5)cc43)c12.CC(C)c1cccc2cccc(C(C)C)c12.CC1(C)OB(c2ccc3c(c2)c(-c2ccc(C#N)cc2)cc2c4ccccc4c(-c4ccc(C#N)cc4)cc32)OC1(C)C. The molecule has 7 heteroatoms. The average Bonchev–Trinajstić information content (AvgIpc) is 1.10. The fraction of sp³-hybridized carbons (Fsp3) is 0.168. The van der Waals surface area contributed by atoms with Crippen molar-refractivity contribution >= 4 is 98.8 Å². The molecule has 16 aromatic carbocycles. The molecule has 0 radical (unpaired) electrons. The van der Waals surface area contributed by atoms with Gasteiger partial charge >= 0.3 is 7.12 Å². The van der Waals surface area contributed by atoms with E-state index in [1.165, 1.54) is 81.7 Å². The molecule has 1 saturated heterocycles. The van der Waals surface area contributed by atoms with Gasteiger partial charge in [-0.15, -0.1) is 0 Å². The van der Waals surface area contributed by atoms with Crippen LogP contribution in [0.4, 0.5) is 0 Å². The number of hydrogen-bond donors (Lipinski definition) is 0. The molecule has 0 bridgehead atoms. The highest BCUT2D eigenvalue weighted by Gasteiger charge is 2.51. The lowest BCUT2D eigenvalue weighted by atomic mass is 9.77. The summed E-state index contributed by atoms with van der Waals surface area (Å²) in [6.07, 6.45) is 0. The van der Waals surface area contributed by atoms with Crippen LogP contribution >= 0.6 is 0 Å². The Kier molecular flexibility index (Phi) is 20.6. The van der Waals surface area contributed by atoms with Crippen molar-refractivity contribution < 1.29 is 9.31 Å². The Balaban J connectivity index is 0.000000156. The fourth-order valence-corrected chi connectivity index (χ4v) is 15.6. The number of nitriles is 4. The van der Waals surface area contributed by atoms with Crippen LogP contribution in [-0.2, 0) is 9.31 Å². The van der Waals surface area contributed by atoms with Gasteiger partial charge in [0.2, 0.25) is 0 Å². The Morgan fingerprint density at radius 1 is 0.269 bits per heavy atom. The third-order valence-corrected chi connectivity index (χ3v) is 21.9. The van der Waals surface area contributed by atoms with Gasteiger partial charge in [0.05, 0.1) is 57.7 Å². The van der Waals surface area contributed by atoms with Gasteiger partial charge < -0.3 is 9.31 Å². The van der Waals surface area contributed by atoms with Crippen LogP contribution in [0, 0.1) is 45.3 Å². The van der Waals surface area contributed by atoms with Crippen LogP contribution in [-0.4, -0.2) is 18.3 Å². The van der Waals surface area contributed by atoms with Crippen molar-refractivity contribution in [2.24, 2.45) is 0 Å². The molecule has 16 aromatic rings. The second-order valence-electron chi connectivity index (χ2n) is 29.9. The van der Waals surface area contributed by atoms with E-state index in [9.17, 15) is 21.0 Å². The van der Waals surface area contributed by atoms with Gasteiger partial charge in [-0.1, -0.05) is 257 Å². The highest BCUT2D eigenvalue weighted by molar-refractivity contribution is 6.62. The maximum absolute atomic E-state index is 9.52. The highest BCUT2D eigenvalue weighted by atomic mass is 16.7. The summed E-state index contributed by atoms with van der Waals surface area (Å²) in [6, 6.07) is 107. The van der Waals surface area contributed by atoms with Gasteiger partial charge in [-0.2, -0.15) is 21.0 Å². The van der Waals surface area contributed by atoms with Crippen molar-refractivity contribution in [1.82, 2.24) is 0 Å². The largest absolute Gasteiger partial charge is 0.494 e. The molecule has 0 atom stereocenters. The summed E-state index contributed by atoms with van der Waals surface area (Å²) < 4.78 is 12.9. The van der Waals surface area contributed by atoms with Gasteiger partial charge in [-0.3, -0.25) is 0 Å². The summed E-state index contributed by atoms with van der Waals surface area (Å²) in [6.45, 7) is 21.9. The van der Waals surface area contributed by atoms with Gasteiger partial charge in [-0.25, -0.2) is 0 Å². The molecule has 17 rings (SSSR count). The number of nitrogens with zero attached hydrogens (tertiary/aromatic N) is 4. The van der Waals surface area contributed by atoms with Crippen LogP contribution in [0.1, 0.15) is 141 Å². The third-order valence-electron chi connectivity index (χ3n) is 21.9. The van der Waals surface area contributed by atoms with Gasteiger partial charge in [0.25, 0.3) is 0 Å². The molecule has 1 fully saturated rings. The molecule has 0 aliphatic carbocycles. The summed E-state index contributed by atoms with van der Waals surface area (Å²) in [5, 5.41) is 57.0. The summed E-state index contributed by atoms with van der Waals surface area (Å²) in [7, 11) is -0.482. The number of rotatable bonds is 9. The molecule has 108 heavy (non-hydrogen) atoms. The zero-order chi connectivity index (χ0) is 73.7. The molecule has 1 heterocycles. The minimum Gasteiger partial charge on any atom is -0.399 e. The molecular formula is C101H87BN4O2. The van der Waals surface area contributed by atoms with E-state index in [0.29, 0.717) is 40.0 Å². The summed E-state index contributed by atoms with van der Waals surface area (Å²) >= 11 is 0. The van der Waals surface area contributed by atoms with E-state index in [-0.39, 0.29) is 14.9 Å². The predicted molar refractivity (Wildman–Crippen MR) is 457 cm³/mol. The number of hydrogen-bond acceptors (Lipinski definition) is 6. The van der Waals surface area contributed by atoms with Gasteiger partial charge in [0.15, 0.2) is 0 Å². The molecule has 0 spiro atoms. The quantitative estimate of drug-likeness (QED) is 0.105. The highest BCUT2D eigenvalue weighted by Crippen LogP contribution is 2.47. The van der Waals surface area contributed by atoms with Crippen molar-refractivity contribution in [1.29, 1.82) is 21.0 Å². The summed E-state index contributed by atoms with van der Waals surface area (Å²) in [4.78, 5) is 0. The second kappa shape index (κ2) is 30.2. The van der Waals surface area contributed by atoms with E-state index in [1.54, 1.807) is 0 Å². The zero-order valence-corrected chi connectivity index (χ0v) is 61.5. The van der Waals surface area contributed by atoms with Crippen LogP contribution in [0.25, 0.3) is 142 Å². The van der Waals surface area contributed by atoms with Crippen molar-refractivity contribution in [3.8, 4) is 79.9 Å². The van der Waals surface area contributed by atoms with Gasteiger partial charge in [0.1, 0.15) is 0 Å². The van der Waals surface area contributed by atoms with Crippen molar-refractivity contribution in [2.45, 2.75) is 113 Å². The molecule has 1 aliphatic heterocycles. The minimum absolute atomic E-state index is 0. The van der Waals surface area contributed by atoms with Gasteiger partial charge in [0, 0.05) is 0 Å². The van der Waals surface area contributed by atoms with Crippen LogP contribution in [0.2, 0.25) is 0 Å². The van der Waals surface area contributed by atoms with Crippen LogP contribution < -0.4 is 5.46 Å². The Morgan fingerprint density at radius 3 is 0.926 bits per heavy atom. The molecule has 0 unspecified atom stereocenters. The van der Waals surface area contributed by atoms with Gasteiger partial charge in [-0.05, 0) is 288 Å².